The van der Waals surface area contributed by atoms with Gasteiger partial charge in [-0.05, 0) is 40.5 Å². The summed E-state index contributed by atoms with van der Waals surface area (Å²) >= 11 is 6.77. The zero-order valence-electron chi connectivity index (χ0n) is 10.6. The molecule has 0 saturated carbocycles. The number of nitrogens with one attached hydrogen (secondary N) is 1. The van der Waals surface area contributed by atoms with Crippen molar-refractivity contribution in [1.29, 1.82) is 0 Å². The number of carbonyl (C=O) groups is 1. The van der Waals surface area contributed by atoms with Crippen molar-refractivity contribution in [2.75, 3.05) is 25.0 Å². The first-order valence-corrected chi connectivity index (χ1v) is 7.70. The summed E-state index contributed by atoms with van der Waals surface area (Å²) in [6.07, 6.45) is 0.726. The van der Waals surface area contributed by atoms with E-state index in [1.54, 1.807) is 0 Å². The van der Waals surface area contributed by atoms with Gasteiger partial charge in [0.25, 0.3) is 0 Å². The van der Waals surface area contributed by atoms with E-state index in [0.717, 1.165) is 21.1 Å². The first-order valence-electron chi connectivity index (χ1n) is 6.11. The highest BCUT2D eigenvalue weighted by molar-refractivity contribution is 9.11. The van der Waals surface area contributed by atoms with Gasteiger partial charge < -0.3 is 10.4 Å². The molecule has 0 aromatic heterocycles. The smallest absolute Gasteiger partial charge is 0.238 e. The van der Waals surface area contributed by atoms with Crippen LogP contribution in [0.3, 0.4) is 0 Å². The van der Waals surface area contributed by atoms with Gasteiger partial charge in [0, 0.05) is 22.0 Å². The van der Waals surface area contributed by atoms with Crippen molar-refractivity contribution in [3.8, 4) is 0 Å². The average molecular weight is 392 g/mol. The molecule has 1 aromatic carbocycles. The second kappa shape index (κ2) is 5.91. The van der Waals surface area contributed by atoms with Gasteiger partial charge in [-0.2, -0.15) is 0 Å². The van der Waals surface area contributed by atoms with Crippen LogP contribution in [0.15, 0.2) is 27.1 Å². The third kappa shape index (κ3) is 3.78. The standard InChI is InChI=1S/C13H16Br2N2O2/c1-2-13(19)7-17(8-13)6-12(18)16-11-4-3-9(14)5-10(11)15/h3-5,19H,2,6-8H2,1H3,(H,16,18). The number of benzene rings is 1. The Kier molecular flexibility index (Phi) is 4.66. The van der Waals surface area contributed by atoms with E-state index in [2.05, 4.69) is 37.2 Å². The average Bonchev–Trinajstić information content (AvgIpc) is 2.30. The van der Waals surface area contributed by atoms with E-state index >= 15 is 0 Å². The number of rotatable bonds is 4. The lowest BCUT2D eigenvalue weighted by atomic mass is 9.91. The van der Waals surface area contributed by atoms with Crippen LogP contribution in [0.1, 0.15) is 13.3 Å². The van der Waals surface area contributed by atoms with E-state index in [1.165, 1.54) is 0 Å². The Bertz CT molecular complexity index is 488. The van der Waals surface area contributed by atoms with Crippen LogP contribution in [0, 0.1) is 0 Å². The molecule has 1 heterocycles. The minimum atomic E-state index is -0.599. The molecule has 0 radical (unpaired) electrons. The maximum Gasteiger partial charge on any atom is 0.238 e. The van der Waals surface area contributed by atoms with Gasteiger partial charge in [-0.1, -0.05) is 22.9 Å². The number of carbonyl (C=O) groups excluding carboxylic acids is 1. The van der Waals surface area contributed by atoms with E-state index in [-0.39, 0.29) is 5.91 Å². The van der Waals surface area contributed by atoms with E-state index in [0.29, 0.717) is 19.6 Å². The highest BCUT2D eigenvalue weighted by Crippen LogP contribution is 2.27. The van der Waals surface area contributed by atoms with Crippen molar-refractivity contribution in [3.05, 3.63) is 27.1 Å². The number of anilines is 1. The molecule has 0 atom stereocenters. The molecule has 2 N–H and O–H groups in total. The molecule has 104 valence electrons. The van der Waals surface area contributed by atoms with E-state index in [1.807, 2.05) is 30.0 Å². The summed E-state index contributed by atoms with van der Waals surface area (Å²) in [6, 6.07) is 5.60. The maximum absolute atomic E-state index is 11.9. The number of hydrogen-bond acceptors (Lipinski definition) is 3. The highest BCUT2D eigenvalue weighted by atomic mass is 79.9. The fraction of sp³-hybridized carbons (Fsp3) is 0.462. The molecule has 1 amide bonds. The highest BCUT2D eigenvalue weighted by Gasteiger charge is 2.39. The molecule has 0 unspecified atom stereocenters. The van der Waals surface area contributed by atoms with E-state index < -0.39 is 5.60 Å². The minimum absolute atomic E-state index is 0.0684. The summed E-state index contributed by atoms with van der Waals surface area (Å²) in [7, 11) is 0. The molecule has 0 bridgehead atoms. The lowest BCUT2D eigenvalue weighted by Crippen LogP contribution is -2.62. The minimum Gasteiger partial charge on any atom is -0.387 e. The second-order valence-corrected chi connectivity index (χ2v) is 6.67. The Labute approximate surface area is 129 Å². The fourth-order valence-corrected chi connectivity index (χ4v) is 3.25. The molecule has 1 aliphatic rings. The van der Waals surface area contributed by atoms with E-state index in [4.69, 9.17) is 0 Å². The third-order valence-corrected chi connectivity index (χ3v) is 4.42. The lowest BCUT2D eigenvalue weighted by Gasteiger charge is -2.45. The van der Waals surface area contributed by atoms with E-state index in [9.17, 15) is 9.90 Å². The SMILES string of the molecule is CCC1(O)CN(CC(=O)Nc2ccc(Br)cc2Br)C1. The predicted molar refractivity (Wildman–Crippen MR) is 82.2 cm³/mol. The molecule has 1 aromatic rings. The third-order valence-electron chi connectivity index (χ3n) is 3.27. The largest absolute Gasteiger partial charge is 0.387 e. The number of aliphatic hydroxyl groups is 1. The zero-order valence-corrected chi connectivity index (χ0v) is 13.8. The number of likely N-dealkylation sites (tertiary alicyclic amines) is 1. The Morgan fingerprint density at radius 1 is 1.47 bits per heavy atom. The Hall–Kier alpha value is -0.430. The fourth-order valence-electron chi connectivity index (χ4n) is 2.11. The normalized spacial score (nSPS) is 17.9. The van der Waals surface area contributed by atoms with Crippen molar-refractivity contribution >= 4 is 43.5 Å². The molecule has 2 rings (SSSR count). The molecule has 0 aliphatic carbocycles. The Morgan fingerprint density at radius 2 is 2.16 bits per heavy atom. The van der Waals surface area contributed by atoms with Crippen LogP contribution in [0.5, 0.6) is 0 Å². The summed E-state index contributed by atoms with van der Waals surface area (Å²) in [4.78, 5) is 13.8. The van der Waals surface area contributed by atoms with Gasteiger partial charge in [0.05, 0.1) is 17.8 Å². The van der Waals surface area contributed by atoms with Crippen LogP contribution in [-0.4, -0.2) is 41.1 Å². The molecule has 19 heavy (non-hydrogen) atoms. The lowest BCUT2D eigenvalue weighted by molar-refractivity contribution is -0.128. The Morgan fingerprint density at radius 3 is 2.74 bits per heavy atom. The van der Waals surface area contributed by atoms with Crippen LogP contribution < -0.4 is 5.32 Å². The van der Waals surface area contributed by atoms with Crippen molar-refractivity contribution < 1.29 is 9.90 Å². The number of amides is 1. The van der Waals surface area contributed by atoms with Gasteiger partial charge in [-0.3, -0.25) is 9.69 Å². The number of nitrogens with zero attached hydrogens (tertiary/aromatic N) is 1. The van der Waals surface area contributed by atoms with Crippen molar-refractivity contribution in [1.82, 2.24) is 4.90 Å². The van der Waals surface area contributed by atoms with Crippen molar-refractivity contribution in [2.45, 2.75) is 18.9 Å². The van der Waals surface area contributed by atoms with Crippen molar-refractivity contribution in [2.24, 2.45) is 0 Å². The van der Waals surface area contributed by atoms with Gasteiger partial charge in [0.1, 0.15) is 0 Å². The quantitative estimate of drug-likeness (QED) is 0.829. The predicted octanol–water partition coefficient (Wildman–Crippen LogP) is 2.61. The maximum atomic E-state index is 11.9. The Balaban J connectivity index is 1.85. The van der Waals surface area contributed by atoms with Crippen LogP contribution in [0.25, 0.3) is 0 Å². The van der Waals surface area contributed by atoms with Gasteiger partial charge in [-0.15, -0.1) is 0 Å². The summed E-state index contributed by atoms with van der Waals surface area (Å²) in [6.45, 7) is 3.40. The molecule has 1 fully saturated rings. The van der Waals surface area contributed by atoms with Gasteiger partial charge in [-0.25, -0.2) is 0 Å². The molecule has 6 heteroatoms. The van der Waals surface area contributed by atoms with Gasteiger partial charge in [0.15, 0.2) is 0 Å². The van der Waals surface area contributed by atoms with Gasteiger partial charge >= 0.3 is 0 Å². The van der Waals surface area contributed by atoms with Crippen LogP contribution >= 0.6 is 31.9 Å². The summed E-state index contributed by atoms with van der Waals surface area (Å²) in [5.74, 6) is -0.0684. The summed E-state index contributed by atoms with van der Waals surface area (Å²) in [5.41, 5.74) is 0.151. The molecule has 0 spiro atoms. The first-order chi connectivity index (χ1) is 8.92. The summed E-state index contributed by atoms with van der Waals surface area (Å²) < 4.78 is 1.79. The molecule has 1 aliphatic heterocycles. The topological polar surface area (TPSA) is 52.6 Å². The number of hydrogen-bond donors (Lipinski definition) is 2. The summed E-state index contributed by atoms with van der Waals surface area (Å²) in [5, 5.41) is 12.7. The monoisotopic (exact) mass is 390 g/mol. The first kappa shape index (κ1) is 15.0. The molecule has 1 saturated heterocycles. The second-order valence-electron chi connectivity index (χ2n) is 4.90. The van der Waals surface area contributed by atoms with Crippen molar-refractivity contribution in [3.63, 3.8) is 0 Å². The van der Waals surface area contributed by atoms with Crippen LogP contribution in [-0.2, 0) is 4.79 Å². The van der Waals surface area contributed by atoms with Crippen LogP contribution in [0.2, 0.25) is 0 Å². The molecular weight excluding hydrogens is 376 g/mol. The molecular formula is C13H16Br2N2O2. The number of β-amino-alcohol motifs (C(OH)–C–C–N with tert-alkyl or cyclic N) is 1. The van der Waals surface area contributed by atoms with Gasteiger partial charge in [0.2, 0.25) is 5.91 Å². The zero-order chi connectivity index (χ0) is 14.0. The molecule has 4 nitrogen and oxygen atoms in total. The number of halogens is 2. The van der Waals surface area contributed by atoms with Crippen LogP contribution in [0.4, 0.5) is 5.69 Å².